The van der Waals surface area contributed by atoms with Crippen LogP contribution in [0.25, 0.3) is 16.8 Å². The largest absolute Gasteiger partial charge is 0.487 e. The number of hydrogen-bond donors (Lipinski definition) is 0. The van der Waals surface area contributed by atoms with Gasteiger partial charge in [0.1, 0.15) is 17.7 Å². The third kappa shape index (κ3) is 7.60. The minimum Gasteiger partial charge on any atom is -0.487 e. The van der Waals surface area contributed by atoms with Crippen molar-refractivity contribution in [1.82, 2.24) is 9.55 Å². The molecule has 5 nitrogen and oxygen atoms in total. The molecule has 2 heterocycles. The lowest BCUT2D eigenvalue weighted by molar-refractivity contribution is 0.138. The number of fused-ring (bicyclic) bond motifs is 1. The first-order chi connectivity index (χ1) is 23.3. The highest BCUT2D eigenvalue weighted by atomic mass is 16.5. The molecule has 4 aromatic carbocycles. The van der Waals surface area contributed by atoms with Gasteiger partial charge in [-0.15, -0.1) is 0 Å². The SMILES string of the molecule is CCCc1ncn(-c2ccc3c(c2)CC(C)(C)O3)c(=O)c1Cc1ccc(-c2ccccc2C#N)cc1.c1ccc(C2CCCCC2)cc1. The van der Waals surface area contributed by atoms with E-state index < -0.39 is 0 Å². The fraction of sp³-hybridized carbons (Fsp3) is 0.326. The lowest BCUT2D eigenvalue weighted by atomic mass is 9.84. The van der Waals surface area contributed by atoms with Gasteiger partial charge in [-0.3, -0.25) is 9.36 Å². The average molecular weight is 636 g/mol. The van der Waals surface area contributed by atoms with Gasteiger partial charge in [0.2, 0.25) is 0 Å². The third-order valence-corrected chi connectivity index (χ3v) is 9.54. The molecule has 1 aliphatic heterocycles. The molecular weight excluding hydrogens is 590 g/mol. The Morgan fingerprint density at radius 3 is 2.38 bits per heavy atom. The lowest BCUT2D eigenvalue weighted by Crippen LogP contribution is -2.25. The van der Waals surface area contributed by atoms with Crippen molar-refractivity contribution >= 4 is 0 Å². The monoisotopic (exact) mass is 635 g/mol. The summed E-state index contributed by atoms with van der Waals surface area (Å²) in [5.41, 5.74) is 8.34. The van der Waals surface area contributed by atoms with Crippen molar-refractivity contribution < 1.29 is 4.74 Å². The maximum absolute atomic E-state index is 13.7. The minimum absolute atomic E-state index is 0.0366. The van der Waals surface area contributed by atoms with E-state index in [1.165, 1.54) is 32.1 Å². The second-order valence-electron chi connectivity index (χ2n) is 13.7. The van der Waals surface area contributed by atoms with Crippen molar-refractivity contribution in [3.05, 3.63) is 147 Å². The van der Waals surface area contributed by atoms with E-state index in [-0.39, 0.29) is 11.2 Å². The van der Waals surface area contributed by atoms with Crippen molar-refractivity contribution in [3.8, 4) is 28.6 Å². The van der Waals surface area contributed by atoms with Crippen molar-refractivity contribution in [3.63, 3.8) is 0 Å². The molecule has 1 aliphatic carbocycles. The summed E-state index contributed by atoms with van der Waals surface area (Å²) < 4.78 is 7.65. The standard InChI is InChI=1S/C31H29N3O2.C12H16/c1-4-7-28-27(16-21-10-12-22(13-11-21)26-9-6-5-8-23(26)19-32)30(35)34(20-33-28)25-14-15-29-24(17-25)18-31(2,3)36-29;1-3-7-11(8-4-1)12-9-5-2-6-10-12/h5-6,8-15,17,20H,4,7,16,18H2,1-3H3;1,3-4,7-8,12H,2,5-6,9-10H2. The Morgan fingerprint density at radius 1 is 0.917 bits per heavy atom. The van der Waals surface area contributed by atoms with E-state index in [0.717, 1.165) is 70.1 Å². The third-order valence-electron chi connectivity index (χ3n) is 9.54. The van der Waals surface area contributed by atoms with Crippen LogP contribution in [0, 0.1) is 11.3 Å². The van der Waals surface area contributed by atoms with E-state index in [4.69, 9.17) is 9.72 Å². The zero-order chi connectivity index (χ0) is 33.5. The zero-order valence-corrected chi connectivity index (χ0v) is 28.4. The molecule has 1 fully saturated rings. The Bertz CT molecular complexity index is 1950. The van der Waals surface area contributed by atoms with Gasteiger partial charge in [-0.25, -0.2) is 4.98 Å². The fourth-order valence-electron chi connectivity index (χ4n) is 7.09. The Morgan fingerprint density at radius 2 is 1.65 bits per heavy atom. The minimum atomic E-state index is -0.236. The van der Waals surface area contributed by atoms with Crippen LogP contribution >= 0.6 is 0 Å². The van der Waals surface area contributed by atoms with E-state index in [1.54, 1.807) is 16.5 Å². The van der Waals surface area contributed by atoms with Gasteiger partial charge in [-0.05, 0) is 85.5 Å². The molecule has 2 aliphatic rings. The van der Waals surface area contributed by atoms with Crippen molar-refractivity contribution in [1.29, 1.82) is 5.26 Å². The van der Waals surface area contributed by atoms with Crippen LogP contribution in [0.3, 0.4) is 0 Å². The average Bonchev–Trinajstić information content (AvgIpc) is 3.44. The highest BCUT2D eigenvalue weighted by Gasteiger charge is 2.30. The molecule has 244 valence electrons. The molecule has 7 rings (SSSR count). The van der Waals surface area contributed by atoms with E-state index in [0.29, 0.717) is 12.0 Å². The molecule has 0 radical (unpaired) electrons. The van der Waals surface area contributed by atoms with E-state index >= 15 is 0 Å². The lowest BCUT2D eigenvalue weighted by Gasteiger charge is -2.21. The molecule has 1 saturated carbocycles. The van der Waals surface area contributed by atoms with Gasteiger partial charge in [0, 0.05) is 24.0 Å². The number of benzene rings is 4. The van der Waals surface area contributed by atoms with Crippen LogP contribution in [0.4, 0.5) is 0 Å². The molecule has 0 spiro atoms. The first kappa shape index (κ1) is 33.0. The number of ether oxygens (including phenoxy) is 1. The number of nitrogens with zero attached hydrogens (tertiary/aromatic N) is 3. The van der Waals surface area contributed by atoms with Crippen molar-refractivity contribution in [2.24, 2.45) is 0 Å². The molecule has 0 amide bonds. The van der Waals surface area contributed by atoms with Gasteiger partial charge in [0.25, 0.3) is 5.56 Å². The van der Waals surface area contributed by atoms with Gasteiger partial charge < -0.3 is 4.74 Å². The normalized spacial score (nSPS) is 15.0. The Balaban J connectivity index is 0.000000280. The smallest absolute Gasteiger partial charge is 0.261 e. The molecule has 5 aromatic rings. The maximum Gasteiger partial charge on any atom is 0.261 e. The van der Waals surface area contributed by atoms with Gasteiger partial charge in [0.05, 0.1) is 23.0 Å². The Hall–Kier alpha value is -4.95. The Kier molecular flexibility index (Phi) is 10.2. The number of hydrogen-bond acceptors (Lipinski definition) is 4. The van der Waals surface area contributed by atoms with E-state index in [1.807, 2.05) is 66.7 Å². The number of aryl methyl sites for hydroxylation is 1. The molecule has 1 aromatic heterocycles. The van der Waals surface area contributed by atoms with Crippen LogP contribution in [-0.4, -0.2) is 15.2 Å². The first-order valence-electron chi connectivity index (χ1n) is 17.4. The summed E-state index contributed by atoms with van der Waals surface area (Å²) in [6.45, 7) is 6.24. The first-order valence-corrected chi connectivity index (χ1v) is 17.4. The molecule has 5 heteroatoms. The summed E-state index contributed by atoms with van der Waals surface area (Å²) in [5, 5.41) is 9.44. The summed E-state index contributed by atoms with van der Waals surface area (Å²) in [7, 11) is 0. The van der Waals surface area contributed by atoms with Crippen molar-refractivity contribution in [2.45, 2.75) is 90.1 Å². The fourth-order valence-corrected chi connectivity index (χ4v) is 7.09. The van der Waals surface area contributed by atoms with Crippen LogP contribution < -0.4 is 10.3 Å². The highest BCUT2D eigenvalue weighted by molar-refractivity contribution is 5.70. The molecule has 0 unspecified atom stereocenters. The summed E-state index contributed by atoms with van der Waals surface area (Å²) in [6, 6.07) is 34.8. The quantitative estimate of drug-likeness (QED) is 0.179. The van der Waals surface area contributed by atoms with E-state index in [2.05, 4.69) is 57.2 Å². The van der Waals surface area contributed by atoms with Crippen LogP contribution in [0.2, 0.25) is 0 Å². The predicted octanol–water partition coefficient (Wildman–Crippen LogP) is 9.76. The second kappa shape index (κ2) is 14.9. The number of nitriles is 1. The van der Waals surface area contributed by atoms with E-state index in [9.17, 15) is 10.1 Å². The predicted molar refractivity (Wildman–Crippen MR) is 194 cm³/mol. The summed E-state index contributed by atoms with van der Waals surface area (Å²) in [5.74, 6) is 1.74. The van der Waals surface area contributed by atoms with Crippen LogP contribution in [0.5, 0.6) is 5.75 Å². The number of aromatic nitrogens is 2. The topological polar surface area (TPSA) is 67.9 Å². The van der Waals surface area contributed by atoms with Gasteiger partial charge in [-0.1, -0.05) is 105 Å². The Labute approximate surface area is 284 Å². The molecule has 48 heavy (non-hydrogen) atoms. The second-order valence-corrected chi connectivity index (χ2v) is 13.7. The molecule has 0 N–H and O–H groups in total. The summed E-state index contributed by atoms with van der Waals surface area (Å²) in [6.07, 6.45) is 11.8. The van der Waals surface area contributed by atoms with Crippen molar-refractivity contribution in [2.75, 3.05) is 0 Å². The highest BCUT2D eigenvalue weighted by Crippen LogP contribution is 2.36. The molecule has 0 atom stereocenters. The van der Waals surface area contributed by atoms with Crippen LogP contribution in [0.1, 0.15) is 98.7 Å². The number of rotatable bonds is 7. The van der Waals surface area contributed by atoms with Crippen LogP contribution in [-0.2, 0) is 19.3 Å². The van der Waals surface area contributed by atoms with Gasteiger partial charge >= 0.3 is 0 Å². The zero-order valence-electron chi connectivity index (χ0n) is 28.4. The summed E-state index contributed by atoms with van der Waals surface area (Å²) >= 11 is 0. The van der Waals surface area contributed by atoms with Crippen LogP contribution in [0.15, 0.2) is 108 Å². The van der Waals surface area contributed by atoms with Gasteiger partial charge in [0.15, 0.2) is 0 Å². The summed E-state index contributed by atoms with van der Waals surface area (Å²) in [4.78, 5) is 18.4. The molecule has 0 saturated heterocycles. The molecule has 0 bridgehead atoms. The molecular formula is C43H45N3O2. The maximum atomic E-state index is 13.7. The van der Waals surface area contributed by atoms with Gasteiger partial charge in [-0.2, -0.15) is 5.26 Å².